The molecule has 2 aromatic heterocycles. The van der Waals surface area contributed by atoms with Crippen molar-refractivity contribution in [2.24, 2.45) is 0 Å². The molecule has 0 saturated carbocycles. The van der Waals surface area contributed by atoms with Crippen LogP contribution < -0.4 is 9.64 Å². The molecule has 2 aromatic carbocycles. The van der Waals surface area contributed by atoms with Crippen molar-refractivity contribution in [1.29, 1.82) is 0 Å². The van der Waals surface area contributed by atoms with Crippen molar-refractivity contribution >= 4 is 17.4 Å². The highest BCUT2D eigenvalue weighted by Crippen LogP contribution is 2.42. The number of carbonyl (C=O) groups is 1. The Bertz CT molecular complexity index is 1940. The van der Waals surface area contributed by atoms with Gasteiger partial charge in [-0.1, -0.05) is 30.4 Å². The van der Waals surface area contributed by atoms with Crippen molar-refractivity contribution in [2.45, 2.75) is 91.1 Å². The average molecular weight is 702 g/mol. The summed E-state index contributed by atoms with van der Waals surface area (Å²) in [6.07, 6.45) is 5.63. The van der Waals surface area contributed by atoms with Crippen LogP contribution in [0.1, 0.15) is 76.7 Å². The van der Waals surface area contributed by atoms with E-state index in [4.69, 9.17) is 19.2 Å². The predicted molar refractivity (Wildman–Crippen MR) is 198 cm³/mol. The van der Waals surface area contributed by atoms with E-state index in [2.05, 4.69) is 25.0 Å². The van der Waals surface area contributed by atoms with Gasteiger partial charge in [0.05, 0.1) is 29.6 Å². The molecule has 51 heavy (non-hydrogen) atoms. The number of halogens is 2. The van der Waals surface area contributed by atoms with Crippen molar-refractivity contribution in [3.05, 3.63) is 96.2 Å². The fraction of sp³-hybridized carbons (Fsp3) is 0.415. The van der Waals surface area contributed by atoms with Crippen molar-refractivity contribution < 1.29 is 32.9 Å². The number of anilines is 1. The summed E-state index contributed by atoms with van der Waals surface area (Å²) in [6, 6.07) is 9.39. The molecule has 10 heteroatoms. The normalized spacial score (nSPS) is 15.8. The van der Waals surface area contributed by atoms with Crippen LogP contribution in [0.25, 0.3) is 28.0 Å². The average Bonchev–Trinajstić information content (AvgIpc) is 3.51. The van der Waals surface area contributed by atoms with Gasteiger partial charge in [0, 0.05) is 48.5 Å². The molecule has 1 N–H and O–H groups in total. The number of hydrogen-bond donors (Lipinski definition) is 1. The van der Waals surface area contributed by atoms with E-state index in [-0.39, 0.29) is 23.0 Å². The molecule has 1 aliphatic heterocycles. The van der Waals surface area contributed by atoms with E-state index in [0.29, 0.717) is 60.0 Å². The van der Waals surface area contributed by atoms with E-state index >= 15 is 4.39 Å². The molecule has 4 aromatic rings. The van der Waals surface area contributed by atoms with Crippen LogP contribution in [-0.4, -0.2) is 57.5 Å². The second-order valence-corrected chi connectivity index (χ2v) is 14.6. The standard InChI is InChI=1S/C41H49F2N3O5/c1-10-13-25(3)50-35-31(22-30(42)23-32(35)43)28-14-12-15-29(21-28)33-24-46-37(44-33)27(5)26(4)34(36(39(47)48)51-40(6,7)8)38(46)45-18-16-41(9,17-19-45)49-20-11-2/h10-12,14-15,21-25,36H,1-2,13,16-20H2,3-9H3,(H,47,48). The number of fused-ring (bicyclic) bond motifs is 1. The third kappa shape index (κ3) is 8.18. The molecular formula is C41H49F2N3O5. The fourth-order valence-corrected chi connectivity index (χ4v) is 6.66. The minimum atomic E-state index is -1.24. The number of aliphatic carboxylic acids is 1. The van der Waals surface area contributed by atoms with Crippen LogP contribution in [0.15, 0.2) is 67.9 Å². The van der Waals surface area contributed by atoms with Crippen molar-refractivity contribution in [1.82, 2.24) is 9.38 Å². The number of nitrogens with zero attached hydrogens (tertiary/aromatic N) is 3. The molecule has 0 spiro atoms. The maximum Gasteiger partial charge on any atom is 0.337 e. The summed E-state index contributed by atoms with van der Waals surface area (Å²) in [6.45, 7) is 22.5. The first-order valence-corrected chi connectivity index (χ1v) is 17.4. The van der Waals surface area contributed by atoms with Gasteiger partial charge in [0.15, 0.2) is 17.7 Å². The van der Waals surface area contributed by atoms with Gasteiger partial charge in [-0.15, -0.1) is 13.2 Å². The van der Waals surface area contributed by atoms with Gasteiger partial charge in [-0.25, -0.2) is 18.6 Å². The molecule has 0 aliphatic carbocycles. The summed E-state index contributed by atoms with van der Waals surface area (Å²) >= 11 is 0. The minimum absolute atomic E-state index is 0.0379. The number of pyridine rings is 1. The van der Waals surface area contributed by atoms with Gasteiger partial charge in [-0.3, -0.25) is 4.40 Å². The maximum atomic E-state index is 15.2. The van der Waals surface area contributed by atoms with Crippen LogP contribution in [0, 0.1) is 25.5 Å². The summed E-state index contributed by atoms with van der Waals surface area (Å²) in [4.78, 5) is 20.2. The molecule has 1 saturated heterocycles. The van der Waals surface area contributed by atoms with Crippen LogP contribution in [0.5, 0.6) is 5.75 Å². The van der Waals surface area contributed by atoms with Crippen molar-refractivity contribution in [3.63, 3.8) is 0 Å². The van der Waals surface area contributed by atoms with Gasteiger partial charge in [0.2, 0.25) is 0 Å². The van der Waals surface area contributed by atoms with Gasteiger partial charge in [0.25, 0.3) is 0 Å². The van der Waals surface area contributed by atoms with E-state index in [1.54, 1.807) is 25.1 Å². The number of hydrogen-bond acceptors (Lipinski definition) is 6. The van der Waals surface area contributed by atoms with E-state index in [9.17, 15) is 14.3 Å². The van der Waals surface area contributed by atoms with Gasteiger partial charge in [0.1, 0.15) is 17.3 Å². The highest BCUT2D eigenvalue weighted by molar-refractivity contribution is 5.81. The molecule has 0 amide bonds. The lowest BCUT2D eigenvalue weighted by atomic mass is 9.92. The van der Waals surface area contributed by atoms with Crippen LogP contribution in [0.3, 0.4) is 0 Å². The Hall–Kier alpha value is -4.54. The number of carboxylic acid groups (broad SMARTS) is 1. The quantitative estimate of drug-likeness (QED) is 0.139. The Kier molecular flexibility index (Phi) is 11.1. The Balaban J connectivity index is 1.68. The summed E-state index contributed by atoms with van der Waals surface area (Å²) in [5.74, 6) is -1.93. The molecule has 1 fully saturated rings. The molecule has 8 nitrogen and oxygen atoms in total. The number of piperidine rings is 1. The molecule has 0 radical (unpaired) electrons. The summed E-state index contributed by atoms with van der Waals surface area (Å²) in [5, 5.41) is 10.6. The molecule has 2 atom stereocenters. The van der Waals surface area contributed by atoms with E-state index in [0.717, 1.165) is 30.0 Å². The summed E-state index contributed by atoms with van der Waals surface area (Å²) in [5.41, 5.74) is 3.90. The van der Waals surface area contributed by atoms with Crippen molar-refractivity contribution in [2.75, 3.05) is 24.6 Å². The number of aryl methyl sites for hydroxylation is 1. The SMILES string of the molecule is C=CCOC1(C)CCN(c2c(C(OC(C)(C)C)C(=O)O)c(C)c(C)c3nc(-c4cccc(-c5cc(F)cc(F)c5OC(C)CC=C)c4)cn23)CC1. The Labute approximate surface area is 299 Å². The minimum Gasteiger partial charge on any atom is -0.487 e. The zero-order chi connectivity index (χ0) is 37.2. The van der Waals surface area contributed by atoms with E-state index < -0.39 is 29.3 Å². The lowest BCUT2D eigenvalue weighted by Crippen LogP contribution is -2.45. The van der Waals surface area contributed by atoms with Crippen LogP contribution in [0.2, 0.25) is 0 Å². The van der Waals surface area contributed by atoms with Gasteiger partial charge >= 0.3 is 5.97 Å². The third-order valence-electron chi connectivity index (χ3n) is 9.40. The third-order valence-corrected chi connectivity index (χ3v) is 9.40. The van der Waals surface area contributed by atoms with Crippen molar-refractivity contribution in [3.8, 4) is 28.1 Å². The predicted octanol–water partition coefficient (Wildman–Crippen LogP) is 9.41. The van der Waals surface area contributed by atoms with Gasteiger partial charge in [-0.2, -0.15) is 0 Å². The monoisotopic (exact) mass is 701 g/mol. The zero-order valence-corrected chi connectivity index (χ0v) is 30.7. The Morgan fingerprint density at radius 1 is 1.08 bits per heavy atom. The van der Waals surface area contributed by atoms with Crippen LogP contribution in [0.4, 0.5) is 14.6 Å². The van der Waals surface area contributed by atoms with E-state index in [1.807, 2.05) is 63.4 Å². The molecule has 3 heterocycles. The number of rotatable bonds is 13. The second-order valence-electron chi connectivity index (χ2n) is 14.6. The lowest BCUT2D eigenvalue weighted by molar-refractivity contribution is -0.160. The van der Waals surface area contributed by atoms with Crippen LogP contribution in [-0.2, 0) is 14.3 Å². The topological polar surface area (TPSA) is 85.5 Å². The zero-order valence-electron chi connectivity index (χ0n) is 30.7. The number of aromatic nitrogens is 2. The molecule has 5 rings (SSSR count). The molecule has 2 unspecified atom stereocenters. The molecule has 0 bridgehead atoms. The lowest BCUT2D eigenvalue weighted by Gasteiger charge is -2.41. The highest BCUT2D eigenvalue weighted by atomic mass is 19.1. The summed E-state index contributed by atoms with van der Waals surface area (Å²) in [7, 11) is 0. The smallest absolute Gasteiger partial charge is 0.337 e. The first kappa shape index (κ1) is 37.7. The summed E-state index contributed by atoms with van der Waals surface area (Å²) < 4.78 is 50.1. The van der Waals surface area contributed by atoms with Gasteiger partial charge < -0.3 is 24.2 Å². The molecular weight excluding hydrogens is 652 g/mol. The second kappa shape index (κ2) is 15.0. The van der Waals surface area contributed by atoms with Gasteiger partial charge in [-0.05, 0) is 90.1 Å². The fourth-order valence-electron chi connectivity index (χ4n) is 6.66. The number of ether oxygens (including phenoxy) is 3. The number of carboxylic acids is 1. The molecule has 1 aliphatic rings. The Morgan fingerprint density at radius 2 is 1.76 bits per heavy atom. The first-order valence-electron chi connectivity index (χ1n) is 17.4. The van der Waals surface area contributed by atoms with E-state index in [1.165, 1.54) is 6.07 Å². The highest BCUT2D eigenvalue weighted by Gasteiger charge is 2.37. The molecule has 272 valence electrons. The largest absolute Gasteiger partial charge is 0.487 e. The first-order chi connectivity index (χ1) is 24.1. The maximum absolute atomic E-state index is 15.2. The Morgan fingerprint density at radius 3 is 2.39 bits per heavy atom. The number of benzene rings is 2. The van der Waals surface area contributed by atoms with Crippen LogP contribution >= 0.6 is 0 Å². The number of imidazole rings is 1.